The van der Waals surface area contributed by atoms with Crippen molar-refractivity contribution in [1.82, 2.24) is 9.80 Å². The zero-order valence-electron chi connectivity index (χ0n) is 14.4. The third-order valence-electron chi connectivity index (χ3n) is 5.44. The van der Waals surface area contributed by atoms with Gasteiger partial charge in [-0.3, -0.25) is 9.69 Å². The van der Waals surface area contributed by atoms with E-state index in [-0.39, 0.29) is 17.7 Å². The molecule has 0 radical (unpaired) electrons. The van der Waals surface area contributed by atoms with Crippen LogP contribution >= 0.6 is 0 Å². The van der Waals surface area contributed by atoms with E-state index in [0.717, 1.165) is 26.1 Å². The van der Waals surface area contributed by atoms with Crippen molar-refractivity contribution >= 4 is 15.7 Å². The lowest BCUT2D eigenvalue weighted by Gasteiger charge is -2.39. The summed E-state index contributed by atoms with van der Waals surface area (Å²) in [5.41, 5.74) is 2.55. The SMILES string of the molecule is CC(=O)N1CCS(=O)(=O)[C@@H]2CCN(Cc3ccccc3C)CC[C@@H]21. The Balaban J connectivity index is 1.77. The summed E-state index contributed by atoms with van der Waals surface area (Å²) in [6.07, 6.45) is 1.35. The van der Waals surface area contributed by atoms with Crippen molar-refractivity contribution in [2.45, 2.75) is 44.5 Å². The summed E-state index contributed by atoms with van der Waals surface area (Å²) in [4.78, 5) is 16.0. The standard InChI is InChI=1S/C18H26N2O3S/c1-14-5-3-4-6-16(14)13-19-9-7-17-18(8-10-19)24(22,23)12-11-20(17)15(2)21/h3-6,17-18H,7-13H2,1-2H3/t17-,18+/m0/s1. The van der Waals surface area contributed by atoms with Crippen molar-refractivity contribution in [2.75, 3.05) is 25.4 Å². The van der Waals surface area contributed by atoms with Gasteiger partial charge < -0.3 is 4.90 Å². The minimum Gasteiger partial charge on any atom is -0.338 e. The van der Waals surface area contributed by atoms with Gasteiger partial charge in [-0.15, -0.1) is 0 Å². The van der Waals surface area contributed by atoms with Gasteiger partial charge in [-0.2, -0.15) is 0 Å². The van der Waals surface area contributed by atoms with E-state index in [9.17, 15) is 13.2 Å². The van der Waals surface area contributed by atoms with Gasteiger partial charge in [0.1, 0.15) is 0 Å². The van der Waals surface area contributed by atoms with Crippen LogP contribution in [0.1, 0.15) is 30.9 Å². The highest BCUT2D eigenvalue weighted by Crippen LogP contribution is 2.28. The Hall–Kier alpha value is -1.40. The number of amides is 1. The van der Waals surface area contributed by atoms with Gasteiger partial charge in [-0.1, -0.05) is 24.3 Å². The summed E-state index contributed by atoms with van der Waals surface area (Å²) in [7, 11) is -3.10. The second-order valence-corrected chi connectivity index (χ2v) is 9.30. The van der Waals surface area contributed by atoms with E-state index in [0.29, 0.717) is 13.0 Å². The van der Waals surface area contributed by atoms with Crippen LogP contribution in [0.5, 0.6) is 0 Å². The minimum absolute atomic E-state index is 0.00717. The van der Waals surface area contributed by atoms with Crippen LogP contribution in [0.25, 0.3) is 0 Å². The molecule has 0 aliphatic carbocycles. The maximum absolute atomic E-state index is 12.5. The van der Waals surface area contributed by atoms with Crippen LogP contribution in [0, 0.1) is 6.92 Å². The topological polar surface area (TPSA) is 57.7 Å². The molecule has 132 valence electrons. The summed E-state index contributed by atoms with van der Waals surface area (Å²) in [6, 6.07) is 8.15. The number of carbonyl (C=O) groups excluding carboxylic acids is 1. The second kappa shape index (κ2) is 6.84. The van der Waals surface area contributed by atoms with Crippen molar-refractivity contribution in [2.24, 2.45) is 0 Å². The quantitative estimate of drug-likeness (QED) is 0.813. The van der Waals surface area contributed by atoms with E-state index in [1.54, 1.807) is 11.8 Å². The van der Waals surface area contributed by atoms with E-state index in [1.807, 2.05) is 12.1 Å². The number of sulfone groups is 1. The van der Waals surface area contributed by atoms with E-state index >= 15 is 0 Å². The molecule has 0 spiro atoms. The summed E-state index contributed by atoms with van der Waals surface area (Å²) in [6.45, 7) is 6.43. The highest BCUT2D eigenvalue weighted by molar-refractivity contribution is 7.92. The third-order valence-corrected chi connectivity index (χ3v) is 7.66. The van der Waals surface area contributed by atoms with Crippen LogP contribution in [-0.2, 0) is 21.2 Å². The molecular weight excluding hydrogens is 324 g/mol. The Bertz CT molecular complexity index is 717. The van der Waals surface area contributed by atoms with Gasteiger partial charge in [0.25, 0.3) is 0 Å². The van der Waals surface area contributed by atoms with Gasteiger partial charge in [0.2, 0.25) is 5.91 Å². The van der Waals surface area contributed by atoms with Crippen molar-refractivity contribution in [3.63, 3.8) is 0 Å². The molecule has 0 unspecified atom stereocenters. The molecule has 0 aromatic heterocycles. The minimum atomic E-state index is -3.10. The molecule has 2 fully saturated rings. The molecular formula is C18H26N2O3S. The Kier molecular flexibility index (Phi) is 4.97. The molecule has 0 saturated carbocycles. The summed E-state index contributed by atoms with van der Waals surface area (Å²) < 4.78 is 25.0. The van der Waals surface area contributed by atoms with Crippen molar-refractivity contribution < 1.29 is 13.2 Å². The van der Waals surface area contributed by atoms with Crippen molar-refractivity contribution in [3.8, 4) is 0 Å². The number of rotatable bonds is 2. The van der Waals surface area contributed by atoms with Gasteiger partial charge in [-0.05, 0) is 37.4 Å². The summed E-state index contributed by atoms with van der Waals surface area (Å²) in [5, 5.41) is -0.406. The Morgan fingerprint density at radius 3 is 2.58 bits per heavy atom. The average molecular weight is 350 g/mol. The molecule has 0 N–H and O–H groups in total. The molecule has 1 aromatic carbocycles. The number of fused-ring (bicyclic) bond motifs is 1. The molecule has 2 aliphatic heterocycles. The second-order valence-electron chi connectivity index (χ2n) is 6.97. The van der Waals surface area contributed by atoms with Crippen LogP contribution in [-0.4, -0.2) is 60.8 Å². The molecule has 6 heteroatoms. The van der Waals surface area contributed by atoms with Gasteiger partial charge in [0, 0.05) is 32.6 Å². The average Bonchev–Trinajstić information content (AvgIpc) is 2.73. The maximum Gasteiger partial charge on any atom is 0.219 e. The van der Waals surface area contributed by atoms with Crippen LogP contribution in [0.2, 0.25) is 0 Å². The van der Waals surface area contributed by atoms with E-state index in [2.05, 4.69) is 24.0 Å². The van der Waals surface area contributed by atoms with Gasteiger partial charge in [-0.25, -0.2) is 8.42 Å². The van der Waals surface area contributed by atoms with E-state index < -0.39 is 15.1 Å². The molecule has 2 atom stereocenters. The van der Waals surface area contributed by atoms with E-state index in [1.165, 1.54) is 11.1 Å². The molecule has 3 rings (SSSR count). The van der Waals surface area contributed by atoms with Crippen LogP contribution < -0.4 is 0 Å². The first-order chi connectivity index (χ1) is 11.4. The van der Waals surface area contributed by atoms with Gasteiger partial charge in [0.15, 0.2) is 9.84 Å². The van der Waals surface area contributed by atoms with E-state index in [4.69, 9.17) is 0 Å². The van der Waals surface area contributed by atoms with Crippen molar-refractivity contribution in [3.05, 3.63) is 35.4 Å². The number of carbonyl (C=O) groups is 1. The lowest BCUT2D eigenvalue weighted by Crippen LogP contribution is -2.56. The molecule has 2 heterocycles. The fourth-order valence-corrected chi connectivity index (χ4v) is 5.99. The predicted molar refractivity (Wildman–Crippen MR) is 94.4 cm³/mol. The number of likely N-dealkylation sites (tertiary alicyclic amines) is 1. The Labute approximate surface area is 144 Å². The highest BCUT2D eigenvalue weighted by Gasteiger charge is 2.43. The maximum atomic E-state index is 12.5. The fraction of sp³-hybridized carbons (Fsp3) is 0.611. The first kappa shape index (κ1) is 17.4. The molecule has 2 aliphatic rings. The largest absolute Gasteiger partial charge is 0.338 e. The van der Waals surface area contributed by atoms with Crippen molar-refractivity contribution in [1.29, 1.82) is 0 Å². The molecule has 2 saturated heterocycles. The van der Waals surface area contributed by atoms with Crippen LogP contribution in [0.15, 0.2) is 24.3 Å². The van der Waals surface area contributed by atoms with Crippen LogP contribution in [0.3, 0.4) is 0 Å². The Morgan fingerprint density at radius 1 is 1.17 bits per heavy atom. The van der Waals surface area contributed by atoms with Gasteiger partial charge >= 0.3 is 0 Å². The molecule has 1 amide bonds. The number of hydrogen-bond acceptors (Lipinski definition) is 4. The lowest BCUT2D eigenvalue weighted by atomic mass is 10.1. The first-order valence-electron chi connectivity index (χ1n) is 8.64. The molecule has 5 nitrogen and oxygen atoms in total. The molecule has 0 bridgehead atoms. The number of benzene rings is 1. The number of aryl methyl sites for hydroxylation is 1. The Morgan fingerprint density at radius 2 is 1.88 bits per heavy atom. The predicted octanol–water partition coefficient (Wildman–Crippen LogP) is 1.60. The first-order valence-corrected chi connectivity index (χ1v) is 10.4. The summed E-state index contributed by atoms with van der Waals surface area (Å²) >= 11 is 0. The van der Waals surface area contributed by atoms with Gasteiger partial charge in [0.05, 0.1) is 11.0 Å². The number of nitrogens with zero attached hydrogens (tertiary/aromatic N) is 2. The summed E-state index contributed by atoms with van der Waals surface area (Å²) in [5.74, 6) is 0.0955. The molecule has 24 heavy (non-hydrogen) atoms. The monoisotopic (exact) mass is 350 g/mol. The lowest BCUT2D eigenvalue weighted by molar-refractivity contribution is -0.131. The van der Waals surface area contributed by atoms with Crippen LogP contribution in [0.4, 0.5) is 0 Å². The zero-order valence-corrected chi connectivity index (χ0v) is 15.3. The smallest absolute Gasteiger partial charge is 0.219 e. The third kappa shape index (κ3) is 3.49. The number of hydrogen-bond donors (Lipinski definition) is 0. The fourth-order valence-electron chi connectivity index (χ4n) is 4.01. The highest BCUT2D eigenvalue weighted by atomic mass is 32.2. The normalized spacial score (nSPS) is 27.3. The molecule has 1 aromatic rings. The zero-order chi connectivity index (χ0) is 17.3.